The van der Waals surface area contributed by atoms with Crippen LogP contribution in [-0.2, 0) is 0 Å². The van der Waals surface area contributed by atoms with Crippen molar-refractivity contribution in [3.8, 4) is 0 Å². The van der Waals surface area contributed by atoms with Crippen LogP contribution in [0.25, 0.3) is 0 Å². The predicted octanol–water partition coefficient (Wildman–Crippen LogP) is 3.79. The van der Waals surface area contributed by atoms with Crippen LogP contribution >= 0.6 is 11.8 Å². The fourth-order valence-corrected chi connectivity index (χ4v) is 4.50. The van der Waals surface area contributed by atoms with Gasteiger partial charge in [-0.1, -0.05) is 32.4 Å². The van der Waals surface area contributed by atoms with Crippen molar-refractivity contribution < 1.29 is 4.79 Å². The average Bonchev–Trinajstić information content (AvgIpc) is 3.05. The summed E-state index contributed by atoms with van der Waals surface area (Å²) in [6.45, 7) is 7.34. The Balaban J connectivity index is 1.84. The second-order valence-electron chi connectivity index (χ2n) is 7.17. The average molecular weight is 333 g/mol. The number of nitrogens with one attached hydrogen (secondary N) is 1. The van der Waals surface area contributed by atoms with Gasteiger partial charge in [0, 0.05) is 24.0 Å². The SMILES string of the molecule is CCSc1ccccc1C(=O)N(CC1(C)CCC1)[C@H]1CCNC1. The van der Waals surface area contributed by atoms with E-state index in [1.807, 2.05) is 18.2 Å². The number of benzene rings is 1. The van der Waals surface area contributed by atoms with E-state index < -0.39 is 0 Å². The summed E-state index contributed by atoms with van der Waals surface area (Å²) in [5, 5.41) is 3.42. The minimum absolute atomic E-state index is 0.225. The Kier molecular flexibility index (Phi) is 5.32. The molecule has 2 aliphatic rings. The van der Waals surface area contributed by atoms with E-state index in [0.717, 1.165) is 42.3 Å². The molecule has 0 bridgehead atoms. The molecule has 1 aromatic carbocycles. The second kappa shape index (κ2) is 7.27. The first-order valence-corrected chi connectivity index (χ1v) is 9.85. The van der Waals surface area contributed by atoms with Gasteiger partial charge in [-0.2, -0.15) is 0 Å². The first-order chi connectivity index (χ1) is 11.1. The van der Waals surface area contributed by atoms with E-state index in [4.69, 9.17) is 0 Å². The maximum Gasteiger partial charge on any atom is 0.255 e. The number of hydrogen-bond acceptors (Lipinski definition) is 3. The van der Waals surface area contributed by atoms with Gasteiger partial charge in [-0.3, -0.25) is 4.79 Å². The zero-order chi connectivity index (χ0) is 16.3. The van der Waals surface area contributed by atoms with Crippen molar-refractivity contribution in [3.63, 3.8) is 0 Å². The number of carbonyl (C=O) groups excluding carboxylic acids is 1. The van der Waals surface area contributed by atoms with Crippen molar-refractivity contribution in [3.05, 3.63) is 29.8 Å². The summed E-state index contributed by atoms with van der Waals surface area (Å²) in [4.78, 5) is 16.6. The van der Waals surface area contributed by atoms with Crippen LogP contribution in [0.1, 0.15) is 49.9 Å². The third-order valence-corrected chi connectivity index (χ3v) is 6.22. The van der Waals surface area contributed by atoms with Crippen LogP contribution in [-0.4, -0.2) is 42.2 Å². The fraction of sp³-hybridized carbons (Fsp3) is 0.632. The van der Waals surface area contributed by atoms with Crippen molar-refractivity contribution >= 4 is 17.7 Å². The Bertz CT molecular complexity index is 550. The maximum absolute atomic E-state index is 13.3. The molecule has 1 heterocycles. The molecule has 1 aliphatic carbocycles. The van der Waals surface area contributed by atoms with E-state index in [2.05, 4.69) is 30.1 Å². The van der Waals surface area contributed by atoms with Crippen molar-refractivity contribution in [2.24, 2.45) is 5.41 Å². The zero-order valence-corrected chi connectivity index (χ0v) is 15.1. The molecule has 23 heavy (non-hydrogen) atoms. The first-order valence-electron chi connectivity index (χ1n) is 8.86. The lowest BCUT2D eigenvalue weighted by Crippen LogP contribution is -2.49. The van der Waals surface area contributed by atoms with Gasteiger partial charge in [0.1, 0.15) is 0 Å². The lowest BCUT2D eigenvalue weighted by atomic mass is 9.70. The normalized spacial score (nSPS) is 22.6. The Morgan fingerprint density at radius 1 is 1.39 bits per heavy atom. The van der Waals surface area contributed by atoms with Gasteiger partial charge >= 0.3 is 0 Å². The highest BCUT2D eigenvalue weighted by Gasteiger charge is 2.38. The lowest BCUT2D eigenvalue weighted by Gasteiger charge is -2.44. The van der Waals surface area contributed by atoms with Crippen LogP contribution in [0.15, 0.2) is 29.2 Å². The minimum atomic E-state index is 0.225. The van der Waals surface area contributed by atoms with Crippen molar-refractivity contribution in [2.75, 3.05) is 25.4 Å². The number of rotatable bonds is 6. The quantitative estimate of drug-likeness (QED) is 0.804. The van der Waals surface area contributed by atoms with E-state index >= 15 is 0 Å². The summed E-state index contributed by atoms with van der Waals surface area (Å²) < 4.78 is 0. The summed E-state index contributed by atoms with van der Waals surface area (Å²) in [5.74, 6) is 1.22. The molecule has 1 N–H and O–H groups in total. The van der Waals surface area contributed by atoms with Gasteiger partial charge in [-0.05, 0) is 49.1 Å². The molecule has 1 saturated heterocycles. The van der Waals surface area contributed by atoms with E-state index in [9.17, 15) is 4.79 Å². The Morgan fingerprint density at radius 3 is 2.78 bits per heavy atom. The van der Waals surface area contributed by atoms with Gasteiger partial charge in [0.2, 0.25) is 0 Å². The van der Waals surface area contributed by atoms with Gasteiger partial charge in [0.05, 0.1) is 5.56 Å². The standard InChI is InChI=1S/C19H28N2OS/c1-3-23-17-8-5-4-7-16(17)18(22)21(15-9-12-20-13-15)14-19(2)10-6-11-19/h4-5,7-8,15,20H,3,6,9-14H2,1-2H3/t15-/m0/s1. The zero-order valence-electron chi connectivity index (χ0n) is 14.3. The highest BCUT2D eigenvalue weighted by molar-refractivity contribution is 7.99. The molecule has 1 aromatic rings. The van der Waals surface area contributed by atoms with Crippen molar-refractivity contribution in [1.82, 2.24) is 10.2 Å². The Morgan fingerprint density at radius 2 is 2.17 bits per heavy atom. The number of hydrogen-bond donors (Lipinski definition) is 1. The molecule has 0 spiro atoms. The molecule has 3 rings (SSSR count). The number of nitrogens with zero attached hydrogens (tertiary/aromatic N) is 1. The van der Waals surface area contributed by atoms with Crippen LogP contribution in [0.5, 0.6) is 0 Å². The van der Waals surface area contributed by atoms with Gasteiger partial charge in [-0.15, -0.1) is 11.8 Å². The Labute approximate surface area is 144 Å². The van der Waals surface area contributed by atoms with Gasteiger partial charge in [-0.25, -0.2) is 0 Å². The van der Waals surface area contributed by atoms with Gasteiger partial charge in [0.25, 0.3) is 5.91 Å². The fourth-order valence-electron chi connectivity index (χ4n) is 3.70. The van der Waals surface area contributed by atoms with E-state index in [1.165, 1.54) is 19.3 Å². The topological polar surface area (TPSA) is 32.3 Å². The highest BCUT2D eigenvalue weighted by Crippen LogP contribution is 2.42. The molecule has 0 radical (unpaired) electrons. The summed E-state index contributed by atoms with van der Waals surface area (Å²) in [5.41, 5.74) is 1.21. The van der Waals surface area contributed by atoms with Crippen molar-refractivity contribution in [1.29, 1.82) is 0 Å². The molecule has 1 amide bonds. The third-order valence-electron chi connectivity index (χ3n) is 5.27. The summed E-state index contributed by atoms with van der Waals surface area (Å²) in [6.07, 6.45) is 4.89. The Hall–Kier alpha value is -1.00. The molecule has 0 aromatic heterocycles. The first kappa shape index (κ1) is 16.8. The molecule has 2 fully saturated rings. The molecule has 1 aliphatic heterocycles. The van der Waals surface area contributed by atoms with E-state index in [-0.39, 0.29) is 5.91 Å². The summed E-state index contributed by atoms with van der Waals surface area (Å²) >= 11 is 1.76. The van der Waals surface area contributed by atoms with Gasteiger partial charge < -0.3 is 10.2 Å². The number of carbonyl (C=O) groups is 1. The van der Waals surface area contributed by atoms with Crippen LogP contribution in [0.4, 0.5) is 0 Å². The smallest absolute Gasteiger partial charge is 0.255 e. The monoisotopic (exact) mass is 332 g/mol. The van der Waals surface area contributed by atoms with Crippen LogP contribution < -0.4 is 5.32 Å². The molecular weight excluding hydrogens is 304 g/mol. The molecule has 0 unspecified atom stereocenters. The second-order valence-corrected chi connectivity index (χ2v) is 8.48. The molecule has 126 valence electrons. The third kappa shape index (κ3) is 3.74. The lowest BCUT2D eigenvalue weighted by molar-refractivity contribution is 0.0422. The molecule has 1 atom stereocenters. The molecular formula is C19H28N2OS. The molecule has 1 saturated carbocycles. The largest absolute Gasteiger partial charge is 0.334 e. The van der Waals surface area contributed by atoms with E-state index in [0.29, 0.717) is 11.5 Å². The van der Waals surface area contributed by atoms with Crippen LogP contribution in [0.2, 0.25) is 0 Å². The van der Waals surface area contributed by atoms with Crippen LogP contribution in [0.3, 0.4) is 0 Å². The molecule has 4 heteroatoms. The minimum Gasteiger partial charge on any atom is -0.334 e. The van der Waals surface area contributed by atoms with Crippen LogP contribution in [0, 0.1) is 5.41 Å². The highest BCUT2D eigenvalue weighted by atomic mass is 32.2. The number of thioether (sulfide) groups is 1. The number of amides is 1. The summed E-state index contributed by atoms with van der Waals surface area (Å²) in [6, 6.07) is 8.45. The molecule has 3 nitrogen and oxygen atoms in total. The summed E-state index contributed by atoms with van der Waals surface area (Å²) in [7, 11) is 0. The maximum atomic E-state index is 13.3. The predicted molar refractivity (Wildman–Crippen MR) is 97.1 cm³/mol. The van der Waals surface area contributed by atoms with Gasteiger partial charge in [0.15, 0.2) is 0 Å². The van der Waals surface area contributed by atoms with E-state index in [1.54, 1.807) is 11.8 Å². The van der Waals surface area contributed by atoms with Crippen molar-refractivity contribution in [2.45, 2.75) is 50.5 Å².